The van der Waals surface area contributed by atoms with E-state index in [-0.39, 0.29) is 18.0 Å². The van der Waals surface area contributed by atoms with Crippen LogP contribution in [0, 0.1) is 11.8 Å². The zero-order valence-electron chi connectivity index (χ0n) is 12.5. The third kappa shape index (κ3) is 1.94. The molecule has 0 saturated carbocycles. The summed E-state index contributed by atoms with van der Waals surface area (Å²) in [5.41, 5.74) is 4.60. The van der Waals surface area contributed by atoms with Crippen molar-refractivity contribution in [2.45, 2.75) is 18.6 Å². The number of rotatable bonds is 2. The van der Waals surface area contributed by atoms with Gasteiger partial charge in [-0.3, -0.25) is 0 Å². The molecular formula is C19H13F3O2. The van der Waals surface area contributed by atoms with E-state index in [9.17, 15) is 13.2 Å². The fourth-order valence-electron chi connectivity index (χ4n) is 4.20. The van der Waals surface area contributed by atoms with Crippen molar-refractivity contribution in [2.24, 2.45) is 11.8 Å². The number of alkyl halides is 3. The minimum absolute atomic E-state index is 0.0577. The van der Waals surface area contributed by atoms with Gasteiger partial charge >= 0.3 is 6.36 Å². The Labute approximate surface area is 136 Å². The summed E-state index contributed by atoms with van der Waals surface area (Å²) in [6.07, 6.45) is -2.30. The Hall–Kier alpha value is -2.27. The van der Waals surface area contributed by atoms with E-state index in [1.165, 1.54) is 23.3 Å². The van der Waals surface area contributed by atoms with E-state index in [0.29, 0.717) is 11.8 Å². The van der Waals surface area contributed by atoms with Gasteiger partial charge in [-0.2, -0.15) is 0 Å². The van der Waals surface area contributed by atoms with Crippen LogP contribution in [-0.4, -0.2) is 6.36 Å². The SMILES string of the molecule is FC(F)(F)Oc1ccc(C2=CC3C4OC(c5ccccc54)C23)cc1. The van der Waals surface area contributed by atoms with Crippen LogP contribution in [-0.2, 0) is 4.74 Å². The summed E-state index contributed by atoms with van der Waals surface area (Å²) >= 11 is 0. The van der Waals surface area contributed by atoms with E-state index in [4.69, 9.17) is 4.74 Å². The largest absolute Gasteiger partial charge is 0.573 e. The maximum atomic E-state index is 12.2. The van der Waals surface area contributed by atoms with E-state index in [1.807, 2.05) is 12.1 Å². The lowest BCUT2D eigenvalue weighted by atomic mass is 9.63. The lowest BCUT2D eigenvalue weighted by Crippen LogP contribution is -2.29. The summed E-state index contributed by atoms with van der Waals surface area (Å²) in [6.45, 7) is 0. The first-order valence-electron chi connectivity index (χ1n) is 7.83. The first-order valence-corrected chi connectivity index (χ1v) is 7.83. The van der Waals surface area contributed by atoms with Gasteiger partial charge in [0.2, 0.25) is 0 Å². The first kappa shape index (κ1) is 14.1. The van der Waals surface area contributed by atoms with Crippen LogP contribution in [0.3, 0.4) is 0 Å². The molecule has 5 rings (SSSR count). The topological polar surface area (TPSA) is 18.5 Å². The second-order valence-electron chi connectivity index (χ2n) is 6.40. The van der Waals surface area contributed by atoms with Gasteiger partial charge in [-0.05, 0) is 34.4 Å². The summed E-state index contributed by atoms with van der Waals surface area (Å²) in [4.78, 5) is 0. The Kier molecular flexibility index (Phi) is 2.72. The number of hydrogen-bond donors (Lipinski definition) is 0. The lowest BCUT2D eigenvalue weighted by Gasteiger charge is -2.37. The average molecular weight is 330 g/mol. The van der Waals surface area contributed by atoms with Crippen molar-refractivity contribution in [1.29, 1.82) is 0 Å². The van der Waals surface area contributed by atoms with Crippen LogP contribution in [0.5, 0.6) is 5.75 Å². The van der Waals surface area contributed by atoms with Gasteiger partial charge < -0.3 is 9.47 Å². The minimum Gasteiger partial charge on any atom is -0.406 e. The van der Waals surface area contributed by atoms with Crippen LogP contribution < -0.4 is 4.74 Å². The van der Waals surface area contributed by atoms with Crippen molar-refractivity contribution < 1.29 is 22.6 Å². The molecule has 2 aromatic carbocycles. The van der Waals surface area contributed by atoms with Gasteiger partial charge in [0.05, 0.1) is 12.2 Å². The molecule has 122 valence electrons. The summed E-state index contributed by atoms with van der Waals surface area (Å²) in [7, 11) is 0. The fraction of sp³-hybridized carbons (Fsp3) is 0.263. The molecule has 2 aromatic rings. The highest BCUT2D eigenvalue weighted by molar-refractivity contribution is 5.76. The monoisotopic (exact) mass is 330 g/mol. The molecular weight excluding hydrogens is 317 g/mol. The quantitative estimate of drug-likeness (QED) is 0.768. The Morgan fingerprint density at radius 1 is 0.875 bits per heavy atom. The molecule has 2 heterocycles. The molecule has 3 aliphatic rings. The predicted molar refractivity (Wildman–Crippen MR) is 81.1 cm³/mol. The van der Waals surface area contributed by atoms with Gasteiger partial charge in [-0.15, -0.1) is 13.2 Å². The maximum absolute atomic E-state index is 12.2. The van der Waals surface area contributed by atoms with Gasteiger partial charge in [0, 0.05) is 11.8 Å². The standard InChI is InChI=1S/C19H13F3O2/c20-19(21,22)24-11-7-5-10(6-8-11)14-9-15-16(14)18-13-4-2-1-3-12(13)17(15)23-18/h1-9,15-18H. The zero-order chi connectivity index (χ0) is 16.5. The fourth-order valence-corrected chi connectivity index (χ4v) is 4.20. The second-order valence-corrected chi connectivity index (χ2v) is 6.40. The average Bonchev–Trinajstić information content (AvgIpc) is 2.99. The molecule has 1 fully saturated rings. The van der Waals surface area contributed by atoms with Crippen molar-refractivity contribution in [3.05, 3.63) is 71.3 Å². The van der Waals surface area contributed by atoms with E-state index in [1.54, 1.807) is 12.1 Å². The maximum Gasteiger partial charge on any atom is 0.573 e. The van der Waals surface area contributed by atoms with Crippen LogP contribution in [0.25, 0.3) is 5.57 Å². The zero-order valence-corrected chi connectivity index (χ0v) is 12.5. The molecule has 4 atom stereocenters. The minimum atomic E-state index is -4.66. The van der Waals surface area contributed by atoms with Crippen LogP contribution in [0.15, 0.2) is 54.6 Å². The van der Waals surface area contributed by atoms with Crippen molar-refractivity contribution >= 4 is 5.57 Å². The van der Waals surface area contributed by atoms with Crippen LogP contribution in [0.2, 0.25) is 0 Å². The van der Waals surface area contributed by atoms with Crippen LogP contribution in [0.4, 0.5) is 13.2 Å². The van der Waals surface area contributed by atoms with Crippen LogP contribution in [0.1, 0.15) is 28.9 Å². The second kappa shape index (κ2) is 4.63. The van der Waals surface area contributed by atoms with Gasteiger partial charge in [0.25, 0.3) is 0 Å². The van der Waals surface area contributed by atoms with E-state index < -0.39 is 6.36 Å². The number of fused-ring (bicyclic) bond motifs is 8. The number of ether oxygens (including phenoxy) is 2. The molecule has 24 heavy (non-hydrogen) atoms. The Balaban J connectivity index is 1.41. The summed E-state index contributed by atoms with van der Waals surface area (Å²) in [6, 6.07) is 14.3. The highest BCUT2D eigenvalue weighted by Crippen LogP contribution is 2.65. The molecule has 0 N–H and O–H groups in total. The van der Waals surface area contributed by atoms with Crippen molar-refractivity contribution in [2.75, 3.05) is 0 Å². The van der Waals surface area contributed by atoms with Crippen molar-refractivity contribution in [3.8, 4) is 5.75 Å². The van der Waals surface area contributed by atoms with Crippen molar-refractivity contribution in [1.82, 2.24) is 0 Å². The van der Waals surface area contributed by atoms with Gasteiger partial charge in [-0.25, -0.2) is 0 Å². The highest BCUT2D eigenvalue weighted by atomic mass is 19.4. The molecule has 2 aliphatic heterocycles. The Morgan fingerprint density at radius 3 is 2.21 bits per heavy atom. The first-order chi connectivity index (χ1) is 11.5. The Morgan fingerprint density at radius 2 is 1.54 bits per heavy atom. The molecule has 0 radical (unpaired) electrons. The summed E-state index contributed by atoms with van der Waals surface area (Å²) in [5.74, 6) is 0.461. The summed E-state index contributed by atoms with van der Waals surface area (Å²) < 4.78 is 46.8. The predicted octanol–water partition coefficient (Wildman–Crippen LogP) is 5.04. The smallest absolute Gasteiger partial charge is 0.406 e. The number of halogens is 3. The van der Waals surface area contributed by atoms with Gasteiger partial charge in [0.15, 0.2) is 0 Å². The molecule has 4 unspecified atom stereocenters. The molecule has 1 saturated heterocycles. The van der Waals surface area contributed by atoms with E-state index in [2.05, 4.69) is 22.9 Å². The van der Waals surface area contributed by atoms with E-state index >= 15 is 0 Å². The number of hydrogen-bond acceptors (Lipinski definition) is 2. The Bertz CT molecular complexity index is 838. The highest BCUT2D eigenvalue weighted by Gasteiger charge is 2.56. The normalized spacial score (nSPS) is 29.5. The van der Waals surface area contributed by atoms with E-state index in [0.717, 1.165) is 11.1 Å². The molecule has 1 aliphatic carbocycles. The molecule has 2 bridgehead atoms. The van der Waals surface area contributed by atoms with Crippen molar-refractivity contribution in [3.63, 3.8) is 0 Å². The summed E-state index contributed by atoms with van der Waals surface area (Å²) in [5, 5.41) is 0. The molecule has 2 nitrogen and oxygen atoms in total. The number of benzene rings is 2. The molecule has 5 heteroatoms. The van der Waals surface area contributed by atoms with Gasteiger partial charge in [0.1, 0.15) is 5.75 Å². The lowest BCUT2D eigenvalue weighted by molar-refractivity contribution is -0.274. The molecule has 0 spiro atoms. The third-order valence-electron chi connectivity index (χ3n) is 5.15. The third-order valence-corrected chi connectivity index (χ3v) is 5.15. The van der Waals surface area contributed by atoms with Crippen LogP contribution >= 0.6 is 0 Å². The molecule has 0 aromatic heterocycles. The van der Waals surface area contributed by atoms with Gasteiger partial charge in [-0.1, -0.05) is 42.5 Å². The molecule has 0 amide bonds.